The van der Waals surface area contributed by atoms with Crippen molar-refractivity contribution in [3.8, 4) is 12.0 Å². The lowest BCUT2D eigenvalue weighted by molar-refractivity contribution is -0.150. The van der Waals surface area contributed by atoms with Crippen molar-refractivity contribution in [2.24, 2.45) is 0 Å². The maximum absolute atomic E-state index is 11.9. The molecule has 0 heterocycles. The Kier molecular flexibility index (Phi) is 11.2. The average molecular weight is 485 g/mol. The second-order valence-electron chi connectivity index (χ2n) is 6.79. The minimum Gasteiger partial charge on any atom is -0.461 e. The fourth-order valence-corrected chi connectivity index (χ4v) is 2.43. The highest BCUT2D eigenvalue weighted by molar-refractivity contribution is 5.91. The molecule has 11 heteroatoms. The van der Waals surface area contributed by atoms with Crippen molar-refractivity contribution in [2.75, 3.05) is 39.6 Å². The molecule has 0 aliphatic rings. The third-order valence-electron chi connectivity index (χ3n) is 4.16. The zero-order chi connectivity index (χ0) is 25.5. The topological polar surface area (TPSA) is 147 Å². The Morgan fingerprint density at radius 1 is 0.686 bits per heavy atom. The summed E-state index contributed by atoms with van der Waals surface area (Å²) in [6.45, 7) is 0.655. The zero-order valence-electron chi connectivity index (χ0n) is 18.9. The van der Waals surface area contributed by atoms with Gasteiger partial charge in [-0.15, -0.1) is 5.26 Å². The molecule has 2 aromatic rings. The first-order valence-electron chi connectivity index (χ1n) is 10.3. The number of carbonyl (C=O) groups is 4. The minimum absolute atomic E-state index is 0.0278. The van der Waals surface area contributed by atoms with Crippen LogP contribution in [0, 0.1) is 18.4 Å². The molecule has 11 nitrogen and oxygen atoms in total. The van der Waals surface area contributed by atoms with Crippen molar-refractivity contribution in [1.82, 2.24) is 0 Å². The van der Waals surface area contributed by atoms with E-state index in [1.807, 2.05) is 6.92 Å². The molecular weight excluding hydrogens is 462 g/mol. The highest BCUT2D eigenvalue weighted by atomic mass is 16.6. The fourth-order valence-electron chi connectivity index (χ4n) is 2.43. The molecule has 0 saturated carbocycles. The molecule has 0 bridgehead atoms. The van der Waals surface area contributed by atoms with Gasteiger partial charge in [0, 0.05) is 0 Å². The van der Waals surface area contributed by atoms with Crippen LogP contribution in [0.1, 0.15) is 26.3 Å². The molecule has 0 spiro atoms. The van der Waals surface area contributed by atoms with E-state index in [-0.39, 0.29) is 37.7 Å². The Labute approximate surface area is 201 Å². The van der Waals surface area contributed by atoms with Crippen molar-refractivity contribution in [3.63, 3.8) is 0 Å². The van der Waals surface area contributed by atoms with Crippen molar-refractivity contribution in [1.29, 1.82) is 5.26 Å². The molecule has 0 N–H and O–H groups in total. The summed E-state index contributed by atoms with van der Waals surface area (Å²) in [5, 5.41) is 8.41. The van der Waals surface area contributed by atoms with Gasteiger partial charge < -0.3 is 28.4 Å². The molecule has 184 valence electrons. The zero-order valence-corrected chi connectivity index (χ0v) is 18.9. The normalized spacial score (nSPS) is 9.94. The smallest absolute Gasteiger partial charge is 0.344 e. The van der Waals surface area contributed by atoms with E-state index < -0.39 is 37.1 Å². The van der Waals surface area contributed by atoms with Gasteiger partial charge in [-0.3, -0.25) is 0 Å². The molecular formula is C24H23NO10. The number of aryl methyl sites for hydroxylation is 1. The Morgan fingerprint density at radius 2 is 1.14 bits per heavy atom. The summed E-state index contributed by atoms with van der Waals surface area (Å²) in [6, 6.07) is 12.3. The van der Waals surface area contributed by atoms with Gasteiger partial charge in [-0.2, -0.15) is 0 Å². The van der Waals surface area contributed by atoms with Crippen LogP contribution in [-0.2, 0) is 33.3 Å². The molecule has 0 aliphatic carbocycles. The number of nitrogens with zero attached hydrogens (tertiary/aromatic N) is 1. The predicted molar refractivity (Wildman–Crippen MR) is 117 cm³/mol. The molecule has 2 rings (SSSR count). The van der Waals surface area contributed by atoms with Gasteiger partial charge >= 0.3 is 23.9 Å². The van der Waals surface area contributed by atoms with Crippen LogP contribution in [0.15, 0.2) is 48.5 Å². The van der Waals surface area contributed by atoms with Crippen molar-refractivity contribution >= 4 is 23.9 Å². The van der Waals surface area contributed by atoms with Crippen LogP contribution in [0.5, 0.6) is 5.75 Å². The fraction of sp³-hybridized carbons (Fsp3) is 0.292. The van der Waals surface area contributed by atoms with Gasteiger partial charge in [0.15, 0.2) is 13.2 Å². The maximum Gasteiger partial charge on any atom is 0.344 e. The van der Waals surface area contributed by atoms with E-state index >= 15 is 0 Å². The monoisotopic (exact) mass is 485 g/mol. The molecule has 0 atom stereocenters. The summed E-state index contributed by atoms with van der Waals surface area (Å²) in [6.07, 6.45) is 1.50. The van der Waals surface area contributed by atoms with E-state index in [4.69, 9.17) is 28.9 Å². The number of hydrogen-bond acceptors (Lipinski definition) is 11. The molecule has 0 amide bonds. The van der Waals surface area contributed by atoms with Gasteiger partial charge in [-0.1, -0.05) is 17.7 Å². The first kappa shape index (κ1) is 26.8. The van der Waals surface area contributed by atoms with Crippen LogP contribution in [0.25, 0.3) is 0 Å². The summed E-state index contributed by atoms with van der Waals surface area (Å²) in [5.74, 6) is -2.61. The van der Waals surface area contributed by atoms with Gasteiger partial charge in [0.05, 0.1) is 24.3 Å². The maximum atomic E-state index is 11.9. The standard InChI is InChI=1S/C24H23NO10/c1-17-2-4-18(5-3-17)23(28)33-14-21(26)31-12-10-30-11-13-32-22(27)15-34-24(29)19-6-8-20(9-7-19)35-16-25/h2-9H,10-15H2,1H3. The predicted octanol–water partition coefficient (Wildman–Crippen LogP) is 1.97. The van der Waals surface area contributed by atoms with E-state index in [0.717, 1.165) is 5.56 Å². The average Bonchev–Trinajstić information content (AvgIpc) is 2.86. The first-order chi connectivity index (χ1) is 16.9. The Hall–Kier alpha value is -4.43. The Balaban J connectivity index is 1.48. The number of rotatable bonds is 13. The van der Waals surface area contributed by atoms with Crippen LogP contribution in [0.2, 0.25) is 0 Å². The highest BCUT2D eigenvalue weighted by Gasteiger charge is 2.12. The summed E-state index contributed by atoms with van der Waals surface area (Å²) < 4.78 is 29.2. The van der Waals surface area contributed by atoms with E-state index in [0.29, 0.717) is 5.56 Å². The van der Waals surface area contributed by atoms with Crippen LogP contribution in [0.4, 0.5) is 0 Å². The summed E-state index contributed by atoms with van der Waals surface area (Å²) in [7, 11) is 0. The lowest BCUT2D eigenvalue weighted by Crippen LogP contribution is -2.20. The van der Waals surface area contributed by atoms with Crippen molar-refractivity contribution in [3.05, 3.63) is 65.2 Å². The van der Waals surface area contributed by atoms with Gasteiger partial charge in [0.2, 0.25) is 0 Å². The number of carbonyl (C=O) groups excluding carboxylic acids is 4. The molecule has 0 unspecified atom stereocenters. The highest BCUT2D eigenvalue weighted by Crippen LogP contribution is 2.12. The molecule has 0 radical (unpaired) electrons. The molecule has 0 aliphatic heterocycles. The van der Waals surface area contributed by atoms with Crippen molar-refractivity contribution < 1.29 is 47.6 Å². The molecule has 0 fully saturated rings. The SMILES string of the molecule is Cc1ccc(C(=O)OCC(=O)OCCOCCOC(=O)COC(=O)c2ccc(OC#N)cc2)cc1. The third kappa shape index (κ3) is 10.4. The number of nitriles is 1. The Morgan fingerprint density at radius 3 is 1.60 bits per heavy atom. The molecule has 35 heavy (non-hydrogen) atoms. The van der Waals surface area contributed by atoms with E-state index in [1.165, 1.54) is 30.5 Å². The second kappa shape index (κ2) is 14.7. The number of hydrogen-bond donors (Lipinski definition) is 0. The minimum atomic E-state index is -0.770. The third-order valence-corrected chi connectivity index (χ3v) is 4.16. The largest absolute Gasteiger partial charge is 0.461 e. The summed E-state index contributed by atoms with van der Waals surface area (Å²) in [4.78, 5) is 46.9. The van der Waals surface area contributed by atoms with Crippen LogP contribution in [0.3, 0.4) is 0 Å². The molecule has 0 saturated heterocycles. The quantitative estimate of drug-likeness (QED) is 0.177. The Bertz CT molecular complexity index is 1040. The van der Waals surface area contributed by atoms with Crippen LogP contribution in [-0.4, -0.2) is 63.5 Å². The van der Waals surface area contributed by atoms with Gasteiger partial charge in [0.25, 0.3) is 6.26 Å². The lowest BCUT2D eigenvalue weighted by Gasteiger charge is -2.08. The number of ether oxygens (including phenoxy) is 6. The molecule has 0 aromatic heterocycles. The van der Waals surface area contributed by atoms with Crippen LogP contribution < -0.4 is 4.74 Å². The van der Waals surface area contributed by atoms with E-state index in [2.05, 4.69) is 4.74 Å². The first-order valence-corrected chi connectivity index (χ1v) is 10.3. The number of benzene rings is 2. The summed E-state index contributed by atoms with van der Waals surface area (Å²) >= 11 is 0. The van der Waals surface area contributed by atoms with Gasteiger partial charge in [-0.05, 0) is 43.3 Å². The van der Waals surface area contributed by atoms with Crippen LogP contribution >= 0.6 is 0 Å². The van der Waals surface area contributed by atoms with Gasteiger partial charge in [0.1, 0.15) is 19.0 Å². The van der Waals surface area contributed by atoms with E-state index in [9.17, 15) is 19.2 Å². The van der Waals surface area contributed by atoms with Gasteiger partial charge in [-0.25, -0.2) is 19.2 Å². The lowest BCUT2D eigenvalue weighted by atomic mass is 10.1. The van der Waals surface area contributed by atoms with E-state index in [1.54, 1.807) is 24.3 Å². The molecule has 2 aromatic carbocycles. The van der Waals surface area contributed by atoms with Crippen molar-refractivity contribution in [2.45, 2.75) is 6.92 Å². The number of esters is 4. The second-order valence-corrected chi connectivity index (χ2v) is 6.79. The summed E-state index contributed by atoms with van der Waals surface area (Å²) in [5.41, 5.74) is 1.49.